The number of carbonyl (C=O) groups is 2. The summed E-state index contributed by atoms with van der Waals surface area (Å²) in [5, 5.41) is 9.24. The number of unbranched alkanes of at least 4 members (excludes halogenated alkanes) is 24. The molecule has 6 heteroatoms. The van der Waals surface area contributed by atoms with E-state index in [0.717, 1.165) is 116 Å². The van der Waals surface area contributed by atoms with E-state index in [1.165, 1.54) is 128 Å². The maximum absolute atomic E-state index is 13.0. The number of esters is 2. The van der Waals surface area contributed by atoms with Crippen molar-refractivity contribution in [1.82, 2.24) is 4.90 Å². The van der Waals surface area contributed by atoms with Gasteiger partial charge in [-0.2, -0.15) is 0 Å². The average molecular weight is 780 g/mol. The lowest BCUT2D eigenvalue weighted by molar-refractivity contribution is -0.150. The van der Waals surface area contributed by atoms with Crippen molar-refractivity contribution in [3.8, 4) is 0 Å². The van der Waals surface area contributed by atoms with Crippen LogP contribution >= 0.6 is 0 Å². The first-order valence-corrected chi connectivity index (χ1v) is 24.7. The number of nitrogens with zero attached hydrogens (tertiary/aromatic N) is 1. The molecule has 0 fully saturated rings. The Labute approximate surface area is 343 Å². The van der Waals surface area contributed by atoms with E-state index in [4.69, 9.17) is 9.47 Å². The number of carbonyl (C=O) groups excluding carboxylic acids is 2. The van der Waals surface area contributed by atoms with Gasteiger partial charge in [0.15, 0.2) is 0 Å². The minimum Gasteiger partial charge on any atom is -0.465 e. The second-order valence-electron chi connectivity index (χ2n) is 17.0. The van der Waals surface area contributed by atoms with Crippen LogP contribution in [-0.2, 0) is 19.1 Å². The lowest BCUT2D eigenvalue weighted by atomic mass is 9.94. The van der Waals surface area contributed by atoms with Crippen LogP contribution in [0.25, 0.3) is 0 Å². The van der Waals surface area contributed by atoms with E-state index in [-0.39, 0.29) is 30.4 Å². The van der Waals surface area contributed by atoms with Gasteiger partial charge in [0, 0.05) is 6.61 Å². The Morgan fingerprint density at radius 1 is 0.382 bits per heavy atom. The van der Waals surface area contributed by atoms with Crippen molar-refractivity contribution in [1.29, 1.82) is 0 Å². The fraction of sp³-hybridized carbons (Fsp3) is 0.959. The summed E-state index contributed by atoms with van der Waals surface area (Å²) in [5.74, 6) is 0.301. The molecule has 0 saturated carbocycles. The van der Waals surface area contributed by atoms with E-state index in [9.17, 15) is 14.7 Å². The smallest absolute Gasteiger partial charge is 0.308 e. The Kier molecular flexibility index (Phi) is 43.1. The van der Waals surface area contributed by atoms with Crippen LogP contribution in [0.15, 0.2) is 0 Å². The highest BCUT2D eigenvalue weighted by Crippen LogP contribution is 2.22. The largest absolute Gasteiger partial charge is 0.465 e. The fourth-order valence-electron chi connectivity index (χ4n) is 7.86. The lowest BCUT2D eigenvalue weighted by Gasteiger charge is -2.22. The molecule has 2 atom stereocenters. The van der Waals surface area contributed by atoms with Crippen LogP contribution in [0.3, 0.4) is 0 Å². The van der Waals surface area contributed by atoms with Gasteiger partial charge in [-0.15, -0.1) is 0 Å². The van der Waals surface area contributed by atoms with Crippen molar-refractivity contribution in [2.75, 3.05) is 39.5 Å². The van der Waals surface area contributed by atoms with Crippen molar-refractivity contribution in [2.45, 2.75) is 252 Å². The van der Waals surface area contributed by atoms with Crippen molar-refractivity contribution >= 4 is 11.9 Å². The standard InChI is InChI=1S/C49H97NO5/c1-5-9-13-17-19-28-38-46(36-26-15-11-7-3)48(52)54-44-34-23-21-30-40-50(42-32-25-33-43-51)41-31-22-24-35-45-55-49(53)47(37-27-16-12-8-4)39-29-20-18-14-10-6-2/h46-47,51H,5-45H2,1-4H3. The molecule has 0 amide bonds. The highest BCUT2D eigenvalue weighted by Gasteiger charge is 2.20. The van der Waals surface area contributed by atoms with Crippen LogP contribution in [0.1, 0.15) is 252 Å². The van der Waals surface area contributed by atoms with E-state index in [0.29, 0.717) is 13.2 Å². The van der Waals surface area contributed by atoms with Gasteiger partial charge in [-0.1, -0.05) is 182 Å². The highest BCUT2D eigenvalue weighted by atomic mass is 16.5. The molecule has 6 nitrogen and oxygen atoms in total. The topological polar surface area (TPSA) is 76.1 Å². The maximum Gasteiger partial charge on any atom is 0.308 e. The summed E-state index contributed by atoms with van der Waals surface area (Å²) < 4.78 is 11.7. The van der Waals surface area contributed by atoms with Gasteiger partial charge in [-0.25, -0.2) is 0 Å². The zero-order chi connectivity index (χ0) is 40.3. The van der Waals surface area contributed by atoms with Gasteiger partial charge in [0.2, 0.25) is 0 Å². The molecule has 0 aliphatic heterocycles. The molecular weight excluding hydrogens is 683 g/mol. The van der Waals surface area contributed by atoms with Crippen molar-refractivity contribution in [2.24, 2.45) is 11.8 Å². The second kappa shape index (κ2) is 44.0. The quantitative estimate of drug-likeness (QED) is 0.0490. The third kappa shape index (κ3) is 36.9. The van der Waals surface area contributed by atoms with E-state index in [1.807, 2.05) is 0 Å². The van der Waals surface area contributed by atoms with Crippen LogP contribution in [0.4, 0.5) is 0 Å². The summed E-state index contributed by atoms with van der Waals surface area (Å²) in [5.41, 5.74) is 0. The zero-order valence-electron chi connectivity index (χ0n) is 37.7. The van der Waals surface area contributed by atoms with Crippen molar-refractivity contribution in [3.63, 3.8) is 0 Å². The van der Waals surface area contributed by atoms with Crippen LogP contribution in [-0.4, -0.2) is 61.4 Å². The molecule has 0 rings (SSSR count). The van der Waals surface area contributed by atoms with Crippen LogP contribution < -0.4 is 0 Å². The van der Waals surface area contributed by atoms with Gasteiger partial charge < -0.3 is 19.5 Å². The zero-order valence-corrected chi connectivity index (χ0v) is 37.7. The maximum atomic E-state index is 13.0. The molecular formula is C49H97NO5. The lowest BCUT2D eigenvalue weighted by Crippen LogP contribution is -2.27. The summed E-state index contributed by atoms with van der Waals surface area (Å²) in [7, 11) is 0. The summed E-state index contributed by atoms with van der Waals surface area (Å²) >= 11 is 0. The number of hydrogen-bond acceptors (Lipinski definition) is 6. The number of ether oxygens (including phenoxy) is 2. The molecule has 0 spiro atoms. The van der Waals surface area contributed by atoms with Crippen LogP contribution in [0.5, 0.6) is 0 Å². The van der Waals surface area contributed by atoms with Gasteiger partial charge in [0.05, 0.1) is 25.0 Å². The van der Waals surface area contributed by atoms with Gasteiger partial charge >= 0.3 is 11.9 Å². The molecule has 0 heterocycles. The third-order valence-corrected chi connectivity index (χ3v) is 11.6. The molecule has 0 aromatic carbocycles. The monoisotopic (exact) mass is 780 g/mol. The predicted molar refractivity (Wildman–Crippen MR) is 237 cm³/mol. The van der Waals surface area contributed by atoms with Crippen LogP contribution in [0, 0.1) is 11.8 Å². The Bertz CT molecular complexity index is 733. The average Bonchev–Trinajstić information content (AvgIpc) is 3.19. The van der Waals surface area contributed by atoms with Crippen molar-refractivity contribution in [3.05, 3.63) is 0 Å². The van der Waals surface area contributed by atoms with Gasteiger partial charge in [0.1, 0.15) is 0 Å². The molecule has 0 aromatic rings. The minimum absolute atomic E-state index is 0.0581. The molecule has 0 aliphatic rings. The van der Waals surface area contributed by atoms with E-state index in [1.54, 1.807) is 0 Å². The van der Waals surface area contributed by atoms with E-state index >= 15 is 0 Å². The molecule has 1 N–H and O–H groups in total. The third-order valence-electron chi connectivity index (χ3n) is 11.6. The number of rotatable bonds is 45. The summed E-state index contributed by atoms with van der Waals surface area (Å²) in [6, 6.07) is 0. The number of aliphatic hydroxyl groups excluding tert-OH is 1. The fourth-order valence-corrected chi connectivity index (χ4v) is 7.86. The first-order valence-electron chi connectivity index (χ1n) is 24.7. The number of aliphatic hydroxyl groups is 1. The van der Waals surface area contributed by atoms with E-state index in [2.05, 4.69) is 32.6 Å². The molecule has 0 saturated heterocycles. The molecule has 0 aliphatic carbocycles. The summed E-state index contributed by atoms with van der Waals surface area (Å²) in [4.78, 5) is 28.6. The second-order valence-corrected chi connectivity index (χ2v) is 17.0. The summed E-state index contributed by atoms with van der Waals surface area (Å²) in [6.45, 7) is 13.8. The van der Waals surface area contributed by atoms with Crippen LogP contribution in [0.2, 0.25) is 0 Å². The molecule has 0 aromatic heterocycles. The Hall–Kier alpha value is -1.14. The molecule has 328 valence electrons. The summed E-state index contributed by atoms with van der Waals surface area (Å²) in [6.07, 6.45) is 40.9. The molecule has 0 bridgehead atoms. The Morgan fingerprint density at radius 2 is 0.655 bits per heavy atom. The first-order chi connectivity index (χ1) is 27.0. The Balaban J connectivity index is 4.42. The van der Waals surface area contributed by atoms with Gasteiger partial charge in [0.25, 0.3) is 0 Å². The highest BCUT2D eigenvalue weighted by molar-refractivity contribution is 5.72. The van der Waals surface area contributed by atoms with Crippen molar-refractivity contribution < 1.29 is 24.2 Å². The van der Waals surface area contributed by atoms with E-state index < -0.39 is 0 Å². The molecule has 2 unspecified atom stereocenters. The molecule has 0 radical (unpaired) electrons. The molecule has 55 heavy (non-hydrogen) atoms. The number of hydrogen-bond donors (Lipinski definition) is 1. The SMILES string of the molecule is CCCCCCCCC(CCCCCC)C(=O)OCCCCCCN(CCCCCO)CCCCCCOC(=O)C(CCCCCC)CCCCCCCC. The normalized spacial score (nSPS) is 12.7. The van der Waals surface area contributed by atoms with Gasteiger partial charge in [-0.05, 0) is 90.3 Å². The minimum atomic E-state index is 0.0581. The first kappa shape index (κ1) is 53.9. The predicted octanol–water partition coefficient (Wildman–Crippen LogP) is 14.3. The van der Waals surface area contributed by atoms with Gasteiger partial charge in [-0.3, -0.25) is 9.59 Å². The Morgan fingerprint density at radius 3 is 1.00 bits per heavy atom.